The van der Waals surface area contributed by atoms with Crippen molar-refractivity contribution in [1.82, 2.24) is 4.98 Å². The van der Waals surface area contributed by atoms with Crippen molar-refractivity contribution in [2.75, 3.05) is 11.1 Å². The molecular weight excluding hydrogens is 321 g/mol. The normalized spacial score (nSPS) is 10.6. The zero-order valence-electron chi connectivity index (χ0n) is 11.3. The lowest BCUT2D eigenvalue weighted by Crippen LogP contribution is -2.14. The average Bonchev–Trinajstić information content (AvgIpc) is 2.52. The van der Waals surface area contributed by atoms with Gasteiger partial charge in [-0.05, 0) is 23.6 Å². The Labute approximate surface area is 136 Å². The molecule has 0 atom stereocenters. The highest BCUT2D eigenvalue weighted by Crippen LogP contribution is 2.31. The minimum Gasteiger partial charge on any atom is -0.396 e. The average molecular weight is 332 g/mol. The maximum absolute atomic E-state index is 12.4. The fraction of sp³-hybridized carbons (Fsp3) is 0. The summed E-state index contributed by atoms with van der Waals surface area (Å²) in [6.07, 6.45) is 1.60. The van der Waals surface area contributed by atoms with Gasteiger partial charge in [-0.1, -0.05) is 47.5 Å². The van der Waals surface area contributed by atoms with E-state index in [1.165, 1.54) is 0 Å². The van der Waals surface area contributed by atoms with Crippen LogP contribution in [0.5, 0.6) is 0 Å². The van der Waals surface area contributed by atoms with Crippen molar-refractivity contribution in [3.05, 3.63) is 64.4 Å². The van der Waals surface area contributed by atoms with Gasteiger partial charge >= 0.3 is 0 Å². The number of amides is 1. The maximum atomic E-state index is 12.4. The fourth-order valence-corrected chi connectivity index (χ4v) is 2.63. The van der Waals surface area contributed by atoms with Crippen LogP contribution in [0.2, 0.25) is 10.0 Å². The van der Waals surface area contributed by atoms with E-state index in [0.29, 0.717) is 11.4 Å². The predicted octanol–water partition coefficient (Wildman–Crippen LogP) is 4.38. The van der Waals surface area contributed by atoms with E-state index >= 15 is 0 Å². The minimum absolute atomic E-state index is 0.282. The Kier molecular flexibility index (Phi) is 3.88. The molecule has 110 valence electrons. The summed E-state index contributed by atoms with van der Waals surface area (Å²) in [6, 6.07) is 12.5. The Bertz CT molecular complexity index is 852. The molecule has 0 unspecified atom stereocenters. The fourth-order valence-electron chi connectivity index (χ4n) is 2.15. The van der Waals surface area contributed by atoms with Gasteiger partial charge in [0.15, 0.2) is 0 Å². The third-order valence-corrected chi connectivity index (χ3v) is 3.85. The van der Waals surface area contributed by atoms with Gasteiger partial charge in [0.05, 0.1) is 15.7 Å². The van der Waals surface area contributed by atoms with E-state index in [1.54, 1.807) is 18.3 Å². The van der Waals surface area contributed by atoms with Crippen LogP contribution >= 0.6 is 23.2 Å². The summed E-state index contributed by atoms with van der Waals surface area (Å²) in [5.41, 5.74) is 6.76. The van der Waals surface area contributed by atoms with Crippen LogP contribution in [0.1, 0.15) is 10.5 Å². The monoisotopic (exact) mass is 331 g/mol. The molecule has 0 bridgehead atoms. The SMILES string of the molecule is Nc1c(Cl)cc(NC(=O)c2nccc3ccccc23)cc1Cl. The topological polar surface area (TPSA) is 68.0 Å². The molecule has 3 rings (SSSR count). The van der Waals surface area contributed by atoms with Crippen LogP contribution in [-0.4, -0.2) is 10.9 Å². The molecule has 6 heteroatoms. The van der Waals surface area contributed by atoms with Crippen molar-refractivity contribution in [3.63, 3.8) is 0 Å². The number of fused-ring (bicyclic) bond motifs is 1. The number of pyridine rings is 1. The third-order valence-electron chi connectivity index (χ3n) is 3.23. The summed E-state index contributed by atoms with van der Waals surface area (Å²) in [6.45, 7) is 0. The number of nitrogens with zero attached hydrogens (tertiary/aromatic N) is 1. The number of halogens is 2. The highest BCUT2D eigenvalue weighted by atomic mass is 35.5. The first kappa shape index (κ1) is 14.6. The van der Waals surface area contributed by atoms with Crippen LogP contribution in [0, 0.1) is 0 Å². The Morgan fingerprint density at radius 1 is 1.09 bits per heavy atom. The van der Waals surface area contributed by atoms with Gasteiger partial charge in [-0.25, -0.2) is 0 Å². The smallest absolute Gasteiger partial charge is 0.274 e. The van der Waals surface area contributed by atoms with E-state index in [1.807, 2.05) is 30.3 Å². The number of hydrogen-bond acceptors (Lipinski definition) is 3. The van der Waals surface area contributed by atoms with Crippen molar-refractivity contribution in [3.8, 4) is 0 Å². The molecule has 1 amide bonds. The third kappa shape index (κ3) is 2.71. The van der Waals surface area contributed by atoms with Gasteiger partial charge in [-0.3, -0.25) is 9.78 Å². The predicted molar refractivity (Wildman–Crippen MR) is 90.6 cm³/mol. The van der Waals surface area contributed by atoms with Crippen LogP contribution < -0.4 is 11.1 Å². The molecule has 0 radical (unpaired) electrons. The van der Waals surface area contributed by atoms with Crippen LogP contribution in [-0.2, 0) is 0 Å². The first-order chi connectivity index (χ1) is 10.6. The molecule has 0 aliphatic heterocycles. The number of rotatable bonds is 2. The van der Waals surface area contributed by atoms with Crippen molar-refractivity contribution >= 4 is 51.3 Å². The number of benzene rings is 2. The van der Waals surface area contributed by atoms with Gasteiger partial charge < -0.3 is 11.1 Å². The van der Waals surface area contributed by atoms with E-state index in [4.69, 9.17) is 28.9 Å². The summed E-state index contributed by atoms with van der Waals surface area (Å²) < 4.78 is 0. The molecule has 1 heterocycles. The van der Waals surface area contributed by atoms with Gasteiger partial charge in [-0.15, -0.1) is 0 Å². The van der Waals surface area contributed by atoms with Crippen molar-refractivity contribution in [1.29, 1.82) is 0 Å². The molecule has 0 saturated carbocycles. The lowest BCUT2D eigenvalue weighted by atomic mass is 10.1. The second kappa shape index (κ2) is 5.83. The number of aromatic nitrogens is 1. The zero-order chi connectivity index (χ0) is 15.7. The molecule has 4 nitrogen and oxygen atoms in total. The summed E-state index contributed by atoms with van der Waals surface area (Å²) in [4.78, 5) is 16.6. The van der Waals surface area contributed by atoms with Gasteiger partial charge in [0.25, 0.3) is 5.91 Å². The van der Waals surface area contributed by atoms with Gasteiger partial charge in [0.1, 0.15) is 5.69 Å². The van der Waals surface area contributed by atoms with E-state index in [-0.39, 0.29) is 21.6 Å². The molecule has 0 aliphatic rings. The largest absolute Gasteiger partial charge is 0.396 e. The number of nitrogens with two attached hydrogens (primary N) is 1. The second-order valence-electron chi connectivity index (χ2n) is 4.69. The van der Waals surface area contributed by atoms with Crippen molar-refractivity contribution in [2.24, 2.45) is 0 Å². The lowest BCUT2D eigenvalue weighted by Gasteiger charge is -2.09. The number of carbonyl (C=O) groups excluding carboxylic acids is 1. The molecule has 0 aliphatic carbocycles. The standard InChI is InChI=1S/C16H11Cl2N3O/c17-12-7-10(8-13(18)14(12)19)21-16(22)15-11-4-2-1-3-9(11)5-6-20-15/h1-8H,19H2,(H,21,22). The highest BCUT2D eigenvalue weighted by Gasteiger charge is 2.13. The summed E-state index contributed by atoms with van der Waals surface area (Å²) in [7, 11) is 0. The van der Waals surface area contributed by atoms with Crippen molar-refractivity contribution in [2.45, 2.75) is 0 Å². The Hall–Kier alpha value is -2.30. The van der Waals surface area contributed by atoms with E-state index in [2.05, 4.69) is 10.3 Å². The molecule has 0 saturated heterocycles. The second-order valence-corrected chi connectivity index (χ2v) is 5.50. The number of hydrogen-bond donors (Lipinski definition) is 2. The molecule has 0 fully saturated rings. The first-order valence-corrected chi connectivity index (χ1v) is 7.21. The summed E-state index contributed by atoms with van der Waals surface area (Å²) >= 11 is 11.9. The van der Waals surface area contributed by atoms with Gasteiger partial charge in [-0.2, -0.15) is 0 Å². The van der Waals surface area contributed by atoms with E-state index in [9.17, 15) is 4.79 Å². The Morgan fingerprint density at radius 2 is 1.77 bits per heavy atom. The molecule has 1 aromatic heterocycles. The van der Waals surface area contributed by atoms with Gasteiger partial charge in [0, 0.05) is 17.3 Å². The summed E-state index contributed by atoms with van der Waals surface area (Å²) in [5.74, 6) is -0.339. The Morgan fingerprint density at radius 3 is 2.50 bits per heavy atom. The first-order valence-electron chi connectivity index (χ1n) is 6.46. The molecule has 0 spiro atoms. The molecular formula is C16H11Cl2N3O. The molecule has 2 aromatic carbocycles. The Balaban J connectivity index is 1.97. The molecule has 3 N–H and O–H groups in total. The van der Waals surface area contributed by atoms with Crippen LogP contribution in [0.15, 0.2) is 48.7 Å². The maximum Gasteiger partial charge on any atom is 0.274 e. The van der Waals surface area contributed by atoms with Crippen LogP contribution in [0.3, 0.4) is 0 Å². The van der Waals surface area contributed by atoms with E-state index in [0.717, 1.165) is 10.8 Å². The number of carbonyl (C=O) groups is 1. The molecule has 22 heavy (non-hydrogen) atoms. The number of anilines is 2. The molecule has 3 aromatic rings. The summed E-state index contributed by atoms with van der Waals surface area (Å²) in [5, 5.41) is 5.02. The van der Waals surface area contributed by atoms with Gasteiger partial charge in [0.2, 0.25) is 0 Å². The van der Waals surface area contributed by atoms with Crippen LogP contribution in [0.4, 0.5) is 11.4 Å². The minimum atomic E-state index is -0.339. The van der Waals surface area contributed by atoms with Crippen LogP contribution in [0.25, 0.3) is 10.8 Å². The highest BCUT2D eigenvalue weighted by molar-refractivity contribution is 6.39. The number of nitrogen functional groups attached to an aromatic ring is 1. The zero-order valence-corrected chi connectivity index (χ0v) is 12.8. The van der Waals surface area contributed by atoms with Crippen molar-refractivity contribution < 1.29 is 4.79 Å². The quantitative estimate of drug-likeness (QED) is 0.685. The van der Waals surface area contributed by atoms with E-state index < -0.39 is 0 Å². The number of nitrogens with one attached hydrogen (secondary N) is 1. The lowest BCUT2D eigenvalue weighted by molar-refractivity contribution is 0.102.